The molecule has 3 rings (SSSR count). The summed E-state index contributed by atoms with van der Waals surface area (Å²) in [4.78, 5) is 23.0. The molecule has 2 heterocycles. The van der Waals surface area contributed by atoms with E-state index in [1.807, 2.05) is 24.3 Å². The van der Waals surface area contributed by atoms with E-state index in [9.17, 15) is 4.79 Å². The summed E-state index contributed by atoms with van der Waals surface area (Å²) in [5.41, 5.74) is 1.06. The molecule has 2 aliphatic heterocycles. The molecule has 2 fully saturated rings. The molecule has 0 bridgehead atoms. The Morgan fingerprint density at radius 1 is 1.30 bits per heavy atom. The van der Waals surface area contributed by atoms with Gasteiger partial charge in [-0.05, 0) is 31.0 Å². The minimum Gasteiger partial charge on any atom is -0.484 e. The number of nitrogens with one attached hydrogen (secondary N) is 1. The normalized spacial score (nSPS) is 20.3. The van der Waals surface area contributed by atoms with Gasteiger partial charge in [0.15, 0.2) is 12.6 Å². The van der Waals surface area contributed by atoms with Crippen LogP contribution in [0.4, 0.5) is 0 Å². The van der Waals surface area contributed by atoms with Gasteiger partial charge in [0.2, 0.25) is 0 Å². The zero-order valence-corrected chi connectivity index (χ0v) is 18.5. The molecule has 0 aliphatic carbocycles. The monoisotopic (exact) mass is 417 g/mol. The molecule has 30 heavy (non-hydrogen) atoms. The maximum absolute atomic E-state index is 11.7. The third-order valence-electron chi connectivity index (χ3n) is 5.53. The minimum atomic E-state index is -0.0586. The number of morpholine rings is 1. The molecule has 2 saturated heterocycles. The molecule has 1 aromatic carbocycles. The van der Waals surface area contributed by atoms with Gasteiger partial charge in [0.25, 0.3) is 5.91 Å². The van der Waals surface area contributed by atoms with Crippen molar-refractivity contribution in [2.75, 3.05) is 66.6 Å². The average molecular weight is 418 g/mol. The number of amides is 1. The van der Waals surface area contributed by atoms with Crippen LogP contribution in [-0.2, 0) is 16.1 Å². The topological polar surface area (TPSA) is 69.6 Å². The summed E-state index contributed by atoms with van der Waals surface area (Å²) in [7, 11) is 3.45. The lowest BCUT2D eigenvalue weighted by atomic mass is 10.2. The molecule has 0 radical (unpaired) electrons. The lowest BCUT2D eigenvalue weighted by Crippen LogP contribution is -2.46. The number of hydrogen-bond acceptors (Lipinski definition) is 5. The number of likely N-dealkylation sites (tertiary alicyclic amines) is 1. The molecule has 1 atom stereocenters. The van der Waals surface area contributed by atoms with Gasteiger partial charge in [0, 0.05) is 52.9 Å². The Hall–Kier alpha value is -2.32. The van der Waals surface area contributed by atoms with Gasteiger partial charge in [-0.3, -0.25) is 9.69 Å². The maximum Gasteiger partial charge on any atom is 0.259 e. The molecule has 1 unspecified atom stereocenters. The Bertz CT molecular complexity index is 718. The third kappa shape index (κ3) is 6.34. The summed E-state index contributed by atoms with van der Waals surface area (Å²) in [6.07, 6.45) is 1.16. The van der Waals surface area contributed by atoms with Crippen molar-refractivity contribution in [3.63, 3.8) is 0 Å². The summed E-state index contributed by atoms with van der Waals surface area (Å²) in [5.74, 6) is 1.59. The van der Waals surface area contributed by atoms with Crippen molar-refractivity contribution in [2.24, 2.45) is 4.99 Å². The SMILES string of the molecule is CCNC(=NCc1cccc(OCC(=O)N(C)C)c1)N1CCC(N2CCOCC2)C1. The van der Waals surface area contributed by atoms with Crippen LogP contribution < -0.4 is 10.1 Å². The second kappa shape index (κ2) is 11.2. The van der Waals surface area contributed by atoms with Gasteiger partial charge in [-0.2, -0.15) is 0 Å². The van der Waals surface area contributed by atoms with E-state index in [0.29, 0.717) is 18.3 Å². The minimum absolute atomic E-state index is 0.0407. The van der Waals surface area contributed by atoms with E-state index in [1.165, 1.54) is 4.90 Å². The number of aliphatic imine (C=N–C) groups is 1. The van der Waals surface area contributed by atoms with Gasteiger partial charge in [-0.15, -0.1) is 0 Å². The molecule has 0 spiro atoms. The van der Waals surface area contributed by atoms with Crippen LogP contribution in [-0.4, -0.2) is 99.2 Å². The van der Waals surface area contributed by atoms with Crippen LogP contribution in [0.2, 0.25) is 0 Å². The quantitative estimate of drug-likeness (QED) is 0.528. The highest BCUT2D eigenvalue weighted by Gasteiger charge is 2.30. The number of ether oxygens (including phenoxy) is 2. The number of carbonyl (C=O) groups is 1. The lowest BCUT2D eigenvalue weighted by molar-refractivity contribution is -0.130. The number of rotatable bonds is 7. The van der Waals surface area contributed by atoms with Crippen LogP contribution in [0.1, 0.15) is 18.9 Å². The highest BCUT2D eigenvalue weighted by atomic mass is 16.5. The number of hydrogen-bond donors (Lipinski definition) is 1. The lowest BCUT2D eigenvalue weighted by Gasteiger charge is -2.32. The number of guanidine groups is 1. The highest BCUT2D eigenvalue weighted by molar-refractivity contribution is 5.80. The number of benzene rings is 1. The zero-order valence-electron chi connectivity index (χ0n) is 18.5. The summed E-state index contributed by atoms with van der Waals surface area (Å²) >= 11 is 0. The van der Waals surface area contributed by atoms with Gasteiger partial charge in [-0.25, -0.2) is 4.99 Å². The Kier molecular flexibility index (Phi) is 8.33. The van der Waals surface area contributed by atoms with Crippen molar-refractivity contribution in [2.45, 2.75) is 25.9 Å². The first-order valence-electron chi connectivity index (χ1n) is 10.8. The molecule has 0 saturated carbocycles. The zero-order chi connectivity index (χ0) is 21.3. The third-order valence-corrected chi connectivity index (χ3v) is 5.53. The first-order valence-corrected chi connectivity index (χ1v) is 10.8. The van der Waals surface area contributed by atoms with E-state index in [0.717, 1.165) is 63.9 Å². The van der Waals surface area contributed by atoms with Crippen molar-refractivity contribution in [3.05, 3.63) is 29.8 Å². The van der Waals surface area contributed by atoms with Crippen LogP contribution in [0.15, 0.2) is 29.3 Å². The van der Waals surface area contributed by atoms with E-state index >= 15 is 0 Å². The van der Waals surface area contributed by atoms with Gasteiger partial charge in [-0.1, -0.05) is 12.1 Å². The molecule has 2 aliphatic rings. The van der Waals surface area contributed by atoms with Gasteiger partial charge in [0.1, 0.15) is 5.75 Å². The molecule has 8 heteroatoms. The number of carbonyl (C=O) groups excluding carboxylic acids is 1. The molecule has 1 N–H and O–H groups in total. The Labute approximate surface area is 179 Å². The van der Waals surface area contributed by atoms with E-state index in [-0.39, 0.29) is 12.5 Å². The Morgan fingerprint density at radius 3 is 2.83 bits per heavy atom. The van der Waals surface area contributed by atoms with Gasteiger partial charge >= 0.3 is 0 Å². The van der Waals surface area contributed by atoms with E-state index in [1.54, 1.807) is 14.1 Å². The predicted octanol–water partition coefficient (Wildman–Crippen LogP) is 1.03. The van der Waals surface area contributed by atoms with E-state index in [2.05, 4.69) is 22.0 Å². The predicted molar refractivity (Wildman–Crippen MR) is 118 cm³/mol. The van der Waals surface area contributed by atoms with Crippen molar-refractivity contribution in [1.29, 1.82) is 0 Å². The molecule has 1 aromatic rings. The maximum atomic E-state index is 11.7. The van der Waals surface area contributed by atoms with E-state index in [4.69, 9.17) is 14.5 Å². The van der Waals surface area contributed by atoms with Crippen molar-refractivity contribution >= 4 is 11.9 Å². The second-order valence-electron chi connectivity index (χ2n) is 7.93. The van der Waals surface area contributed by atoms with Crippen LogP contribution in [0.25, 0.3) is 0 Å². The van der Waals surface area contributed by atoms with Crippen LogP contribution >= 0.6 is 0 Å². The molecule has 0 aromatic heterocycles. The largest absolute Gasteiger partial charge is 0.484 e. The first-order chi connectivity index (χ1) is 14.6. The second-order valence-corrected chi connectivity index (χ2v) is 7.93. The summed E-state index contributed by atoms with van der Waals surface area (Å²) in [6.45, 7) is 9.29. The van der Waals surface area contributed by atoms with Crippen LogP contribution in [0.3, 0.4) is 0 Å². The fourth-order valence-electron chi connectivity index (χ4n) is 3.77. The Morgan fingerprint density at radius 2 is 2.10 bits per heavy atom. The fraction of sp³-hybridized carbons (Fsp3) is 0.636. The first kappa shape index (κ1) is 22.4. The number of likely N-dealkylation sites (N-methyl/N-ethyl adjacent to an activating group) is 1. The Balaban J connectivity index is 1.58. The highest BCUT2D eigenvalue weighted by Crippen LogP contribution is 2.18. The van der Waals surface area contributed by atoms with Crippen LogP contribution in [0.5, 0.6) is 5.75 Å². The number of nitrogens with zero attached hydrogens (tertiary/aromatic N) is 4. The summed E-state index contributed by atoms with van der Waals surface area (Å²) in [6, 6.07) is 8.38. The van der Waals surface area contributed by atoms with E-state index < -0.39 is 0 Å². The van der Waals surface area contributed by atoms with Crippen LogP contribution in [0, 0.1) is 0 Å². The van der Waals surface area contributed by atoms with Gasteiger partial charge in [0.05, 0.1) is 19.8 Å². The standard InChI is InChI=1S/C22H35N5O3/c1-4-23-22(27-9-8-19(16-27)26-10-12-29-13-11-26)24-15-18-6-5-7-20(14-18)30-17-21(28)25(2)3/h5-7,14,19H,4,8-13,15-17H2,1-3H3,(H,23,24). The molecule has 1 amide bonds. The molecular weight excluding hydrogens is 382 g/mol. The molecular formula is C22H35N5O3. The molecule has 8 nitrogen and oxygen atoms in total. The van der Waals surface area contributed by atoms with Crippen molar-refractivity contribution in [3.8, 4) is 5.75 Å². The van der Waals surface area contributed by atoms with Gasteiger partial charge < -0.3 is 24.6 Å². The van der Waals surface area contributed by atoms with Crippen molar-refractivity contribution in [1.82, 2.24) is 20.0 Å². The smallest absolute Gasteiger partial charge is 0.259 e. The summed E-state index contributed by atoms with van der Waals surface area (Å²) < 4.78 is 11.1. The fourth-order valence-corrected chi connectivity index (χ4v) is 3.77. The molecule has 166 valence electrons. The average Bonchev–Trinajstić information content (AvgIpc) is 3.26. The van der Waals surface area contributed by atoms with Crippen molar-refractivity contribution < 1.29 is 14.3 Å². The summed E-state index contributed by atoms with van der Waals surface area (Å²) in [5, 5.41) is 3.44.